The van der Waals surface area contributed by atoms with E-state index in [1.54, 1.807) is 13.8 Å². The summed E-state index contributed by atoms with van der Waals surface area (Å²) >= 11 is 0. The number of aryl methyl sites for hydroxylation is 1. The van der Waals surface area contributed by atoms with Crippen LogP contribution >= 0.6 is 0 Å². The smallest absolute Gasteiger partial charge is 0.258 e. The Bertz CT molecular complexity index is 632. The molecule has 0 heterocycles. The normalized spacial score (nSPS) is 12.7. The summed E-state index contributed by atoms with van der Waals surface area (Å²) in [5, 5.41) is 10.8. The number of sulfonamides is 1. The molecule has 0 saturated heterocycles. The highest BCUT2D eigenvalue weighted by atomic mass is 32.2. The second-order valence-electron chi connectivity index (χ2n) is 4.14. The molecule has 1 aromatic carbocycles. The van der Waals surface area contributed by atoms with E-state index in [0.717, 1.165) is 6.07 Å². The standard InChI is InChI=1S/C12H14N2O4S/c1-4-5-10(3)13-19(17,18)11-7-6-9(2)12(8-11)14(15)16/h1,6-8,10,13H,5H2,2-3H3. The lowest BCUT2D eigenvalue weighted by Crippen LogP contribution is -2.32. The Kier molecular flexibility index (Phi) is 4.64. The van der Waals surface area contributed by atoms with Crippen molar-refractivity contribution < 1.29 is 13.3 Å². The average Bonchev–Trinajstić information content (AvgIpc) is 2.28. The Balaban J connectivity index is 3.13. The molecule has 6 nitrogen and oxygen atoms in total. The van der Waals surface area contributed by atoms with Gasteiger partial charge in [-0.25, -0.2) is 13.1 Å². The SMILES string of the molecule is C#CCC(C)NS(=O)(=O)c1ccc(C)c([N+](=O)[O-])c1. The molecule has 0 fully saturated rings. The van der Waals surface area contributed by atoms with Gasteiger partial charge < -0.3 is 0 Å². The zero-order chi connectivity index (χ0) is 14.6. The lowest BCUT2D eigenvalue weighted by Gasteiger charge is -2.11. The van der Waals surface area contributed by atoms with Crippen molar-refractivity contribution in [1.29, 1.82) is 0 Å². The molecule has 7 heteroatoms. The molecule has 1 unspecified atom stereocenters. The van der Waals surface area contributed by atoms with Gasteiger partial charge in [0.2, 0.25) is 10.0 Å². The van der Waals surface area contributed by atoms with E-state index in [-0.39, 0.29) is 17.0 Å². The second kappa shape index (κ2) is 5.82. The van der Waals surface area contributed by atoms with Crippen molar-refractivity contribution in [3.63, 3.8) is 0 Å². The molecule has 102 valence electrons. The number of rotatable bonds is 5. The van der Waals surface area contributed by atoms with Crippen molar-refractivity contribution in [2.24, 2.45) is 0 Å². The first-order valence-electron chi connectivity index (χ1n) is 5.48. The topological polar surface area (TPSA) is 89.3 Å². The third-order valence-corrected chi connectivity index (χ3v) is 4.06. The quantitative estimate of drug-likeness (QED) is 0.504. The molecule has 0 aliphatic carbocycles. The summed E-state index contributed by atoms with van der Waals surface area (Å²) < 4.78 is 26.4. The van der Waals surface area contributed by atoms with Crippen molar-refractivity contribution in [3.8, 4) is 12.3 Å². The van der Waals surface area contributed by atoms with Crippen LogP contribution in [0.4, 0.5) is 5.69 Å². The highest BCUT2D eigenvalue weighted by Gasteiger charge is 2.21. The number of hydrogen-bond donors (Lipinski definition) is 1. The number of nitrogens with zero attached hydrogens (tertiary/aromatic N) is 1. The summed E-state index contributed by atoms with van der Waals surface area (Å²) in [5.41, 5.74) is 0.174. The van der Waals surface area contributed by atoms with E-state index in [1.807, 2.05) is 0 Å². The molecule has 0 bridgehead atoms. The van der Waals surface area contributed by atoms with Crippen molar-refractivity contribution in [3.05, 3.63) is 33.9 Å². The molecular weight excluding hydrogens is 268 g/mol. The summed E-state index contributed by atoms with van der Waals surface area (Å²) in [6.07, 6.45) is 5.34. The van der Waals surface area contributed by atoms with Crippen molar-refractivity contribution >= 4 is 15.7 Å². The summed E-state index contributed by atoms with van der Waals surface area (Å²) in [6.45, 7) is 3.17. The van der Waals surface area contributed by atoms with Crippen molar-refractivity contribution in [1.82, 2.24) is 4.72 Å². The van der Waals surface area contributed by atoms with E-state index in [4.69, 9.17) is 6.42 Å². The number of nitrogens with one attached hydrogen (secondary N) is 1. The summed E-state index contributed by atoms with van der Waals surface area (Å²) in [4.78, 5) is 10.0. The first-order chi connectivity index (χ1) is 8.77. The summed E-state index contributed by atoms with van der Waals surface area (Å²) in [7, 11) is -3.80. The Labute approximate surface area is 112 Å². The molecule has 0 aliphatic rings. The van der Waals surface area contributed by atoms with Gasteiger partial charge in [-0.1, -0.05) is 6.07 Å². The first kappa shape index (κ1) is 15.1. The fourth-order valence-electron chi connectivity index (χ4n) is 1.50. The molecule has 1 atom stereocenters. The van der Waals surface area contributed by atoms with Gasteiger partial charge in [0.05, 0.1) is 9.82 Å². The molecule has 0 saturated carbocycles. The van der Waals surface area contributed by atoms with Gasteiger partial charge in [-0.3, -0.25) is 10.1 Å². The molecule has 1 aromatic rings. The van der Waals surface area contributed by atoms with Gasteiger partial charge in [0.25, 0.3) is 5.69 Å². The van der Waals surface area contributed by atoms with E-state index in [2.05, 4.69) is 10.6 Å². The molecule has 0 spiro atoms. The van der Waals surface area contributed by atoms with Crippen LogP contribution in [0.25, 0.3) is 0 Å². The maximum absolute atomic E-state index is 12.0. The zero-order valence-corrected chi connectivity index (χ0v) is 11.4. The zero-order valence-electron chi connectivity index (χ0n) is 10.6. The molecule has 1 rings (SSSR count). The second-order valence-corrected chi connectivity index (χ2v) is 5.85. The van der Waals surface area contributed by atoms with Crippen LogP contribution in [0.15, 0.2) is 23.1 Å². The van der Waals surface area contributed by atoms with Gasteiger partial charge >= 0.3 is 0 Å². The summed E-state index contributed by atoms with van der Waals surface area (Å²) in [6, 6.07) is 3.34. The van der Waals surface area contributed by atoms with Gasteiger partial charge in [0.1, 0.15) is 0 Å². The minimum atomic E-state index is -3.80. The Morgan fingerprint density at radius 3 is 2.68 bits per heavy atom. The largest absolute Gasteiger partial charge is 0.273 e. The number of terminal acetylenes is 1. The molecule has 0 radical (unpaired) electrons. The monoisotopic (exact) mass is 282 g/mol. The van der Waals surface area contributed by atoms with Gasteiger partial charge in [-0.2, -0.15) is 0 Å². The van der Waals surface area contributed by atoms with Crippen LogP contribution in [0.2, 0.25) is 0 Å². The predicted molar refractivity (Wildman–Crippen MR) is 71.1 cm³/mol. The van der Waals surface area contributed by atoms with E-state index in [1.165, 1.54) is 12.1 Å². The average molecular weight is 282 g/mol. The maximum Gasteiger partial charge on any atom is 0.273 e. The van der Waals surface area contributed by atoms with E-state index in [0.29, 0.717) is 5.56 Å². The molecule has 0 amide bonds. The highest BCUT2D eigenvalue weighted by molar-refractivity contribution is 7.89. The first-order valence-corrected chi connectivity index (χ1v) is 6.97. The van der Waals surface area contributed by atoms with Crippen molar-refractivity contribution in [2.45, 2.75) is 31.2 Å². The minimum absolute atomic E-state index is 0.145. The van der Waals surface area contributed by atoms with E-state index < -0.39 is 21.0 Å². The Morgan fingerprint density at radius 2 is 2.16 bits per heavy atom. The number of hydrogen-bond acceptors (Lipinski definition) is 4. The highest BCUT2D eigenvalue weighted by Crippen LogP contribution is 2.22. The molecule has 0 aromatic heterocycles. The lowest BCUT2D eigenvalue weighted by atomic mass is 10.2. The Morgan fingerprint density at radius 1 is 1.53 bits per heavy atom. The molecule has 19 heavy (non-hydrogen) atoms. The third kappa shape index (κ3) is 3.77. The van der Waals surface area contributed by atoms with Crippen LogP contribution in [-0.2, 0) is 10.0 Å². The lowest BCUT2D eigenvalue weighted by molar-refractivity contribution is -0.385. The van der Waals surface area contributed by atoms with Crippen molar-refractivity contribution in [2.75, 3.05) is 0 Å². The molecule has 0 aliphatic heterocycles. The van der Waals surface area contributed by atoms with Gasteiger partial charge in [-0.05, 0) is 19.9 Å². The van der Waals surface area contributed by atoms with Crippen LogP contribution < -0.4 is 4.72 Å². The predicted octanol–water partition coefficient (Wildman–Crippen LogP) is 1.59. The van der Waals surface area contributed by atoms with Crippen LogP contribution in [0.5, 0.6) is 0 Å². The Hall–Kier alpha value is -1.91. The fraction of sp³-hybridized carbons (Fsp3) is 0.333. The number of nitro benzene ring substituents is 1. The van der Waals surface area contributed by atoms with Crippen LogP contribution in [-0.4, -0.2) is 19.4 Å². The van der Waals surface area contributed by atoms with Gasteiger partial charge in [0.15, 0.2) is 0 Å². The maximum atomic E-state index is 12.0. The van der Waals surface area contributed by atoms with Crippen LogP contribution in [0, 0.1) is 29.4 Å². The van der Waals surface area contributed by atoms with E-state index in [9.17, 15) is 18.5 Å². The molecule has 1 N–H and O–H groups in total. The summed E-state index contributed by atoms with van der Waals surface area (Å²) in [5.74, 6) is 2.35. The third-order valence-electron chi connectivity index (χ3n) is 2.47. The van der Waals surface area contributed by atoms with E-state index >= 15 is 0 Å². The fourth-order valence-corrected chi connectivity index (χ4v) is 2.77. The van der Waals surface area contributed by atoms with Gasteiger partial charge in [-0.15, -0.1) is 12.3 Å². The van der Waals surface area contributed by atoms with Gasteiger partial charge in [0, 0.05) is 24.1 Å². The number of nitro groups is 1. The number of benzene rings is 1. The molecular formula is C12H14N2O4S. The van der Waals surface area contributed by atoms with Crippen LogP contribution in [0.1, 0.15) is 18.9 Å². The minimum Gasteiger partial charge on any atom is -0.258 e. The van der Waals surface area contributed by atoms with Crippen LogP contribution in [0.3, 0.4) is 0 Å².